The van der Waals surface area contributed by atoms with Gasteiger partial charge in [-0.3, -0.25) is 9.69 Å². The van der Waals surface area contributed by atoms with Crippen molar-refractivity contribution in [2.24, 2.45) is 17.3 Å². The summed E-state index contributed by atoms with van der Waals surface area (Å²) >= 11 is 0. The second kappa shape index (κ2) is 6.86. The maximum absolute atomic E-state index is 13.0. The van der Waals surface area contributed by atoms with Crippen LogP contribution in [-0.2, 0) is 9.53 Å². The molecule has 5 fully saturated rings. The molecule has 2 spiro atoms. The molecule has 5 aliphatic rings. The van der Waals surface area contributed by atoms with Gasteiger partial charge in [0.2, 0.25) is 0 Å². The molecule has 5 amide bonds. The molecule has 2 heterocycles. The van der Waals surface area contributed by atoms with E-state index in [2.05, 4.69) is 10.6 Å². The normalized spacial score (nSPS) is 37.1. The Morgan fingerprint density at radius 1 is 1.10 bits per heavy atom. The van der Waals surface area contributed by atoms with Gasteiger partial charge < -0.3 is 20.3 Å². The molecule has 160 valence electrons. The SMILES string of the molecule is CN1C(=O)N(CC2COC2)C2(CC3(CCC(NC(=O)NCC4CC4)CC3)C2)C1=O. The van der Waals surface area contributed by atoms with E-state index in [-0.39, 0.29) is 29.4 Å². The number of hydrogen-bond donors (Lipinski definition) is 2. The van der Waals surface area contributed by atoms with Crippen LogP contribution < -0.4 is 10.6 Å². The molecule has 0 bridgehead atoms. The molecule has 5 rings (SSSR count). The number of ether oxygens (including phenoxy) is 1. The average Bonchev–Trinajstić information content (AvgIpc) is 3.45. The van der Waals surface area contributed by atoms with Gasteiger partial charge in [-0.05, 0) is 62.7 Å². The highest BCUT2D eigenvalue weighted by Gasteiger charge is 2.67. The van der Waals surface area contributed by atoms with Gasteiger partial charge in [0.1, 0.15) is 5.54 Å². The monoisotopic (exact) mass is 404 g/mol. The van der Waals surface area contributed by atoms with Crippen molar-refractivity contribution < 1.29 is 19.1 Å². The van der Waals surface area contributed by atoms with Crippen molar-refractivity contribution in [1.82, 2.24) is 20.4 Å². The van der Waals surface area contributed by atoms with E-state index in [0.717, 1.165) is 45.1 Å². The van der Waals surface area contributed by atoms with Crippen LogP contribution in [0.2, 0.25) is 0 Å². The first-order valence-corrected chi connectivity index (χ1v) is 11.1. The van der Waals surface area contributed by atoms with Gasteiger partial charge in [-0.1, -0.05) is 0 Å². The van der Waals surface area contributed by atoms with Gasteiger partial charge in [-0.15, -0.1) is 0 Å². The van der Waals surface area contributed by atoms with Gasteiger partial charge in [-0.25, -0.2) is 9.59 Å². The fourth-order valence-corrected chi connectivity index (χ4v) is 5.83. The van der Waals surface area contributed by atoms with E-state index in [1.54, 1.807) is 7.05 Å². The van der Waals surface area contributed by atoms with E-state index < -0.39 is 5.54 Å². The topological polar surface area (TPSA) is 91.0 Å². The van der Waals surface area contributed by atoms with E-state index >= 15 is 0 Å². The van der Waals surface area contributed by atoms with Crippen molar-refractivity contribution >= 4 is 18.0 Å². The number of nitrogens with zero attached hydrogens (tertiary/aromatic N) is 2. The molecule has 2 N–H and O–H groups in total. The second-order valence-corrected chi connectivity index (χ2v) is 10.1. The Balaban J connectivity index is 1.16. The van der Waals surface area contributed by atoms with Crippen LogP contribution in [-0.4, -0.2) is 72.7 Å². The van der Waals surface area contributed by atoms with Crippen LogP contribution in [0.4, 0.5) is 9.59 Å². The molecule has 8 heteroatoms. The van der Waals surface area contributed by atoms with E-state index in [4.69, 9.17) is 4.74 Å². The summed E-state index contributed by atoms with van der Waals surface area (Å²) in [4.78, 5) is 40.9. The lowest BCUT2D eigenvalue weighted by Crippen LogP contribution is -2.65. The summed E-state index contributed by atoms with van der Waals surface area (Å²) in [5.74, 6) is 0.995. The van der Waals surface area contributed by atoms with Crippen molar-refractivity contribution in [3.05, 3.63) is 0 Å². The van der Waals surface area contributed by atoms with E-state index in [1.807, 2.05) is 4.90 Å². The van der Waals surface area contributed by atoms with Crippen molar-refractivity contribution in [2.45, 2.75) is 62.9 Å². The third-order valence-corrected chi connectivity index (χ3v) is 7.85. The van der Waals surface area contributed by atoms with Crippen LogP contribution in [0.5, 0.6) is 0 Å². The highest BCUT2D eigenvalue weighted by molar-refractivity contribution is 6.07. The number of carbonyl (C=O) groups is 3. The van der Waals surface area contributed by atoms with Gasteiger partial charge in [0.05, 0.1) is 13.2 Å². The van der Waals surface area contributed by atoms with Crippen LogP contribution >= 0.6 is 0 Å². The summed E-state index contributed by atoms with van der Waals surface area (Å²) in [6.45, 7) is 2.77. The molecule has 0 radical (unpaired) electrons. The van der Waals surface area contributed by atoms with Crippen LogP contribution in [0.25, 0.3) is 0 Å². The Morgan fingerprint density at radius 3 is 2.38 bits per heavy atom. The summed E-state index contributed by atoms with van der Waals surface area (Å²) in [6, 6.07) is 0.0117. The lowest BCUT2D eigenvalue weighted by Gasteiger charge is -2.58. The quantitative estimate of drug-likeness (QED) is 0.683. The number of likely N-dealkylation sites (N-methyl/N-ethyl adjacent to an activating group) is 1. The summed E-state index contributed by atoms with van der Waals surface area (Å²) in [6.07, 6.45) is 7.90. The molecule has 3 aliphatic carbocycles. The zero-order chi connectivity index (χ0) is 20.2. The van der Waals surface area contributed by atoms with Crippen molar-refractivity contribution in [1.29, 1.82) is 0 Å². The van der Waals surface area contributed by atoms with Crippen LogP contribution in [0, 0.1) is 17.3 Å². The molecule has 3 saturated carbocycles. The van der Waals surface area contributed by atoms with Crippen LogP contribution in [0.15, 0.2) is 0 Å². The average molecular weight is 405 g/mol. The van der Waals surface area contributed by atoms with Crippen molar-refractivity contribution in [2.75, 3.05) is 33.4 Å². The molecule has 0 aromatic rings. The first-order chi connectivity index (χ1) is 13.9. The molecule has 2 aliphatic heterocycles. The minimum Gasteiger partial charge on any atom is -0.381 e. The maximum Gasteiger partial charge on any atom is 0.327 e. The minimum atomic E-state index is -0.636. The largest absolute Gasteiger partial charge is 0.381 e. The first kappa shape index (κ1) is 19.2. The number of hydrogen-bond acceptors (Lipinski definition) is 4. The minimum absolute atomic E-state index is 0.0342. The fourth-order valence-electron chi connectivity index (χ4n) is 5.83. The number of carbonyl (C=O) groups excluding carboxylic acids is 3. The predicted octanol–water partition coefficient (Wildman–Crippen LogP) is 1.70. The number of rotatable bonds is 5. The van der Waals surface area contributed by atoms with Crippen molar-refractivity contribution in [3.63, 3.8) is 0 Å². The maximum atomic E-state index is 13.0. The Bertz CT molecular complexity index is 701. The zero-order valence-electron chi connectivity index (χ0n) is 17.2. The molecular formula is C21H32N4O4. The molecule has 2 saturated heterocycles. The summed E-state index contributed by atoms with van der Waals surface area (Å²) in [5, 5.41) is 6.09. The standard InChI is InChI=1S/C21H32N4O4/c1-24-17(26)21(25(19(24)28)9-15-10-29-11-15)12-20(13-21)6-4-16(5-7-20)23-18(27)22-8-14-2-3-14/h14-16H,2-13H2,1H3,(H2,22,23,27). The number of urea groups is 2. The second-order valence-electron chi connectivity index (χ2n) is 10.1. The Morgan fingerprint density at radius 2 is 1.79 bits per heavy atom. The Kier molecular flexibility index (Phi) is 4.53. The molecule has 0 unspecified atom stereocenters. The molecule has 29 heavy (non-hydrogen) atoms. The third-order valence-electron chi connectivity index (χ3n) is 7.85. The van der Waals surface area contributed by atoms with Crippen LogP contribution in [0.3, 0.4) is 0 Å². The lowest BCUT2D eigenvalue weighted by atomic mass is 9.51. The summed E-state index contributed by atoms with van der Waals surface area (Å²) < 4.78 is 5.26. The Labute approximate surface area is 171 Å². The zero-order valence-corrected chi connectivity index (χ0v) is 17.2. The molecule has 0 atom stereocenters. The van der Waals surface area contributed by atoms with Gasteiger partial charge in [0, 0.05) is 32.1 Å². The van der Waals surface area contributed by atoms with E-state index in [9.17, 15) is 14.4 Å². The van der Waals surface area contributed by atoms with Gasteiger partial charge in [0.15, 0.2) is 0 Å². The van der Waals surface area contributed by atoms with Gasteiger partial charge in [-0.2, -0.15) is 0 Å². The fraction of sp³-hybridized carbons (Fsp3) is 0.857. The molecule has 0 aromatic heterocycles. The number of amides is 5. The molecular weight excluding hydrogens is 372 g/mol. The molecule has 0 aromatic carbocycles. The predicted molar refractivity (Wildman–Crippen MR) is 105 cm³/mol. The van der Waals surface area contributed by atoms with Crippen molar-refractivity contribution in [3.8, 4) is 0 Å². The summed E-state index contributed by atoms with van der Waals surface area (Å²) in [5.41, 5.74) is -0.499. The van der Waals surface area contributed by atoms with E-state index in [0.29, 0.717) is 31.6 Å². The smallest absolute Gasteiger partial charge is 0.327 e. The van der Waals surface area contributed by atoms with Gasteiger partial charge in [0.25, 0.3) is 5.91 Å². The Hall–Kier alpha value is -1.83. The van der Waals surface area contributed by atoms with Gasteiger partial charge >= 0.3 is 12.1 Å². The molecule has 8 nitrogen and oxygen atoms in total. The number of nitrogens with one attached hydrogen (secondary N) is 2. The summed E-state index contributed by atoms with van der Waals surface area (Å²) in [7, 11) is 1.61. The van der Waals surface area contributed by atoms with E-state index in [1.165, 1.54) is 17.7 Å². The van der Waals surface area contributed by atoms with Crippen LogP contribution in [0.1, 0.15) is 51.4 Å². The highest BCUT2D eigenvalue weighted by Crippen LogP contribution is 2.61. The third kappa shape index (κ3) is 3.29. The lowest BCUT2D eigenvalue weighted by molar-refractivity contribution is -0.152. The highest BCUT2D eigenvalue weighted by atomic mass is 16.5. The number of imide groups is 1. The first-order valence-electron chi connectivity index (χ1n) is 11.1.